The number of amides is 3. The quantitative estimate of drug-likeness (QED) is 0.532. The molecule has 1 fully saturated rings. The van der Waals surface area contributed by atoms with Gasteiger partial charge in [0, 0.05) is 23.4 Å². The summed E-state index contributed by atoms with van der Waals surface area (Å²) < 4.78 is 80.5. The van der Waals surface area contributed by atoms with Crippen LogP contribution in [0.2, 0.25) is 0 Å². The van der Waals surface area contributed by atoms with Crippen LogP contribution in [0.25, 0.3) is 0 Å². The lowest BCUT2D eigenvalue weighted by atomic mass is 9.67. The van der Waals surface area contributed by atoms with Gasteiger partial charge in [-0.05, 0) is 42.8 Å². The fourth-order valence-corrected chi connectivity index (χ4v) is 6.84. The van der Waals surface area contributed by atoms with E-state index in [0.717, 1.165) is 18.4 Å². The van der Waals surface area contributed by atoms with Crippen LogP contribution in [0.15, 0.2) is 81.7 Å². The zero-order chi connectivity index (χ0) is 29.6. The number of carbonyl (C=O) groups excluding carboxylic acids is 2. The van der Waals surface area contributed by atoms with E-state index in [1.165, 1.54) is 52.3 Å². The maximum Gasteiger partial charge on any atom is 0.416 e. The van der Waals surface area contributed by atoms with Gasteiger partial charge in [0.25, 0.3) is 0 Å². The Morgan fingerprint density at radius 2 is 1.78 bits per heavy atom. The molecule has 3 amide bonds. The molecule has 6 rings (SSSR count). The van der Waals surface area contributed by atoms with Crippen LogP contribution < -0.4 is 5.32 Å². The van der Waals surface area contributed by atoms with E-state index in [1.54, 1.807) is 13.8 Å². The predicted octanol–water partition coefficient (Wildman–Crippen LogP) is 4.57. The van der Waals surface area contributed by atoms with Crippen molar-refractivity contribution >= 4 is 27.6 Å². The van der Waals surface area contributed by atoms with Gasteiger partial charge in [-0.3, -0.25) is 19.6 Å². The van der Waals surface area contributed by atoms with E-state index in [1.807, 2.05) is 0 Å². The molecule has 2 aromatic rings. The molecule has 0 bridgehead atoms. The normalized spacial score (nSPS) is 27.7. The molecule has 1 aliphatic carbocycles. The Balaban J connectivity index is 1.59. The Labute approximate surface area is 233 Å². The molecule has 41 heavy (non-hydrogen) atoms. The SMILES string of the molecule is CC1C(F)=CC2(C)C3=C1NC(=O)CN3C(=O)N1C(c3cccc(C(F)(F)F)c3)=NC(c3ccc(S(C)(=O)=O)cc3)C12. The first kappa shape index (κ1) is 27.2. The minimum absolute atomic E-state index is 0.0137. The van der Waals surface area contributed by atoms with Crippen molar-refractivity contribution in [2.75, 3.05) is 12.8 Å². The number of aliphatic imine (C=N–C) groups is 1. The second kappa shape index (κ2) is 8.75. The molecular formula is C28H24F4N4O4S. The first-order chi connectivity index (χ1) is 19.1. The average Bonchev–Trinajstić information content (AvgIpc) is 3.31. The summed E-state index contributed by atoms with van der Waals surface area (Å²) in [5, 5.41) is 2.72. The third kappa shape index (κ3) is 4.08. The smallest absolute Gasteiger partial charge is 0.326 e. The third-order valence-electron chi connectivity index (χ3n) is 8.11. The van der Waals surface area contributed by atoms with E-state index in [0.29, 0.717) is 11.3 Å². The molecule has 0 spiro atoms. The number of hydrogen-bond donors (Lipinski definition) is 1. The molecule has 214 valence electrons. The Bertz CT molecular complexity index is 1710. The number of urea groups is 1. The summed E-state index contributed by atoms with van der Waals surface area (Å²) in [5.74, 6) is -1.96. The van der Waals surface area contributed by atoms with Gasteiger partial charge in [0.2, 0.25) is 5.91 Å². The predicted molar refractivity (Wildman–Crippen MR) is 140 cm³/mol. The number of allylic oxidation sites excluding steroid dienone is 1. The molecule has 0 aromatic heterocycles. The molecule has 2 aromatic carbocycles. The van der Waals surface area contributed by atoms with Crippen LogP contribution >= 0.6 is 0 Å². The van der Waals surface area contributed by atoms with Crippen LogP contribution in [0.5, 0.6) is 0 Å². The van der Waals surface area contributed by atoms with Gasteiger partial charge in [-0.15, -0.1) is 0 Å². The number of amidine groups is 1. The largest absolute Gasteiger partial charge is 0.416 e. The van der Waals surface area contributed by atoms with E-state index < -0.39 is 62.8 Å². The van der Waals surface area contributed by atoms with Crippen LogP contribution in [0.1, 0.15) is 36.6 Å². The number of sulfone groups is 1. The van der Waals surface area contributed by atoms with Gasteiger partial charge in [0.05, 0.1) is 33.7 Å². The monoisotopic (exact) mass is 588 g/mol. The van der Waals surface area contributed by atoms with Crippen molar-refractivity contribution in [3.05, 3.63) is 88.5 Å². The van der Waals surface area contributed by atoms with Crippen LogP contribution in [-0.4, -0.2) is 54.8 Å². The summed E-state index contributed by atoms with van der Waals surface area (Å²) in [4.78, 5) is 34.0. The van der Waals surface area contributed by atoms with Crippen molar-refractivity contribution in [3.63, 3.8) is 0 Å². The molecule has 3 heterocycles. The van der Waals surface area contributed by atoms with Crippen molar-refractivity contribution in [2.24, 2.45) is 16.3 Å². The van der Waals surface area contributed by atoms with E-state index >= 15 is 4.39 Å². The van der Waals surface area contributed by atoms with Gasteiger partial charge in [-0.25, -0.2) is 17.6 Å². The second-order valence-corrected chi connectivity index (χ2v) is 12.9. The summed E-state index contributed by atoms with van der Waals surface area (Å²) in [6, 6.07) is 7.70. The zero-order valence-electron chi connectivity index (χ0n) is 22.0. The van der Waals surface area contributed by atoms with Crippen molar-refractivity contribution < 1.29 is 35.6 Å². The van der Waals surface area contributed by atoms with Gasteiger partial charge >= 0.3 is 12.2 Å². The molecule has 1 saturated heterocycles. The topological polar surface area (TPSA) is 99.2 Å². The van der Waals surface area contributed by atoms with Gasteiger partial charge in [-0.1, -0.05) is 31.2 Å². The van der Waals surface area contributed by atoms with Crippen molar-refractivity contribution in [2.45, 2.75) is 37.0 Å². The molecule has 4 unspecified atom stereocenters. The highest BCUT2D eigenvalue weighted by atomic mass is 32.2. The van der Waals surface area contributed by atoms with Crippen LogP contribution in [0, 0.1) is 11.3 Å². The summed E-state index contributed by atoms with van der Waals surface area (Å²) in [6.45, 7) is 2.90. The molecule has 13 heteroatoms. The fraction of sp³-hybridized carbons (Fsp3) is 0.321. The number of nitrogens with zero attached hydrogens (tertiary/aromatic N) is 3. The van der Waals surface area contributed by atoms with Gasteiger partial charge in [0.1, 0.15) is 18.2 Å². The Morgan fingerprint density at radius 3 is 2.41 bits per heavy atom. The van der Waals surface area contributed by atoms with Crippen molar-refractivity contribution in [1.82, 2.24) is 15.1 Å². The number of halogens is 4. The second-order valence-electron chi connectivity index (χ2n) is 10.8. The zero-order valence-corrected chi connectivity index (χ0v) is 22.8. The lowest BCUT2D eigenvalue weighted by Crippen LogP contribution is -2.66. The standard InChI is InChI=1S/C28H24F4N4O4S/c1-14-19(29)12-27(2)23-21(14)33-20(37)13-35(23)26(38)36-24(27)22(15-7-9-18(10-8-15)41(3,39)40)34-25(36)16-5-4-6-17(11-16)28(30,31)32/h4-12,14,22,24H,13H2,1-3H3,(H,33,37). The highest BCUT2D eigenvalue weighted by Gasteiger charge is 2.61. The Hall–Kier alpha value is -4.00. The van der Waals surface area contributed by atoms with Crippen LogP contribution in [0.3, 0.4) is 0 Å². The highest BCUT2D eigenvalue weighted by molar-refractivity contribution is 7.90. The Morgan fingerprint density at radius 1 is 1.10 bits per heavy atom. The third-order valence-corrected chi connectivity index (χ3v) is 9.24. The van der Waals surface area contributed by atoms with Crippen LogP contribution in [-0.2, 0) is 20.8 Å². The lowest BCUT2D eigenvalue weighted by molar-refractivity contribution is -0.137. The number of fused-ring (bicyclic) bond motifs is 2. The number of alkyl halides is 3. The number of nitrogens with one attached hydrogen (secondary N) is 1. The molecule has 8 nitrogen and oxygen atoms in total. The van der Waals surface area contributed by atoms with Gasteiger partial charge in [-0.2, -0.15) is 13.2 Å². The molecule has 0 radical (unpaired) electrons. The van der Waals surface area contributed by atoms with Gasteiger partial charge in [0.15, 0.2) is 9.84 Å². The highest BCUT2D eigenvalue weighted by Crippen LogP contribution is 2.56. The minimum atomic E-state index is -4.66. The number of carbonyl (C=O) groups is 2. The fourth-order valence-electron chi connectivity index (χ4n) is 6.21. The lowest BCUT2D eigenvalue weighted by Gasteiger charge is -2.54. The molecule has 4 atom stereocenters. The molecule has 3 aliphatic heterocycles. The van der Waals surface area contributed by atoms with E-state index in [9.17, 15) is 31.2 Å². The summed E-state index contributed by atoms with van der Waals surface area (Å²) >= 11 is 0. The summed E-state index contributed by atoms with van der Waals surface area (Å²) in [6.07, 6.45) is -2.22. The summed E-state index contributed by atoms with van der Waals surface area (Å²) in [7, 11) is -3.53. The number of hydrogen-bond acceptors (Lipinski definition) is 5. The number of benzene rings is 2. The first-order valence-corrected chi connectivity index (χ1v) is 14.6. The van der Waals surface area contributed by atoms with E-state index in [-0.39, 0.29) is 28.5 Å². The number of rotatable bonds is 3. The molecule has 1 N–H and O–H groups in total. The van der Waals surface area contributed by atoms with Crippen molar-refractivity contribution in [3.8, 4) is 0 Å². The molecule has 0 saturated carbocycles. The molecular weight excluding hydrogens is 564 g/mol. The minimum Gasteiger partial charge on any atom is -0.326 e. The van der Waals surface area contributed by atoms with Crippen molar-refractivity contribution in [1.29, 1.82) is 0 Å². The first-order valence-electron chi connectivity index (χ1n) is 12.7. The maximum atomic E-state index is 15.5. The van der Waals surface area contributed by atoms with E-state index in [2.05, 4.69) is 5.32 Å². The molecule has 4 aliphatic rings. The average molecular weight is 589 g/mol. The maximum absolute atomic E-state index is 15.5. The Kier molecular flexibility index (Phi) is 5.80. The summed E-state index contributed by atoms with van der Waals surface area (Å²) in [5.41, 5.74) is -1.07. The van der Waals surface area contributed by atoms with E-state index in [4.69, 9.17) is 4.99 Å². The van der Waals surface area contributed by atoms with Crippen LogP contribution in [0.4, 0.5) is 22.4 Å². The van der Waals surface area contributed by atoms with Gasteiger partial charge < -0.3 is 5.32 Å².